The third-order valence-electron chi connectivity index (χ3n) is 2.22. The van der Waals surface area contributed by atoms with E-state index in [1.807, 2.05) is 0 Å². The van der Waals surface area contributed by atoms with Crippen LogP contribution in [-0.2, 0) is 0 Å². The summed E-state index contributed by atoms with van der Waals surface area (Å²) in [6.45, 7) is 2.19. The van der Waals surface area contributed by atoms with Crippen LogP contribution in [0.3, 0.4) is 0 Å². The Hall–Kier alpha value is -1.04. The van der Waals surface area contributed by atoms with Gasteiger partial charge < -0.3 is 0 Å². The molecule has 0 aliphatic heterocycles. The lowest BCUT2D eigenvalue weighted by Gasteiger charge is -2.02. The van der Waals surface area contributed by atoms with Gasteiger partial charge in [0.15, 0.2) is 0 Å². The minimum Gasteiger partial charge on any atom is -0.0801 e. The molecule has 0 radical (unpaired) electrons. The molecule has 0 heterocycles. The molecule has 0 heteroatoms. The van der Waals surface area contributed by atoms with Gasteiger partial charge in [-0.1, -0.05) is 36.0 Å². The molecule has 56 valence electrons. The molecular formula is C11H12. The van der Waals surface area contributed by atoms with E-state index in [9.17, 15) is 0 Å². The van der Waals surface area contributed by atoms with Crippen molar-refractivity contribution in [2.24, 2.45) is 0 Å². The zero-order valence-electron chi connectivity index (χ0n) is 6.80. The zero-order chi connectivity index (χ0) is 7.68. The minimum absolute atomic E-state index is 1.13. The maximum Gasteiger partial charge on any atom is -0.00639 e. The quantitative estimate of drug-likeness (QED) is 0.530. The summed E-state index contributed by atoms with van der Waals surface area (Å²) < 4.78 is 0. The van der Waals surface area contributed by atoms with E-state index in [4.69, 9.17) is 0 Å². The highest BCUT2D eigenvalue weighted by atomic mass is 14.1. The third kappa shape index (κ3) is 1.21. The van der Waals surface area contributed by atoms with Crippen molar-refractivity contribution in [3.8, 4) is 0 Å². The van der Waals surface area contributed by atoms with Crippen molar-refractivity contribution in [1.82, 2.24) is 0 Å². The van der Waals surface area contributed by atoms with E-state index >= 15 is 0 Å². The van der Waals surface area contributed by atoms with Gasteiger partial charge in [0.05, 0.1) is 0 Å². The normalized spacial score (nSPS) is 21.7. The molecule has 0 saturated heterocycles. The van der Waals surface area contributed by atoms with Crippen molar-refractivity contribution in [2.45, 2.75) is 19.8 Å². The molecule has 0 aromatic rings. The Morgan fingerprint density at radius 1 is 1.09 bits per heavy atom. The molecule has 11 heavy (non-hydrogen) atoms. The Balaban J connectivity index is 2.11. The van der Waals surface area contributed by atoms with Crippen LogP contribution in [0.15, 0.2) is 47.1 Å². The van der Waals surface area contributed by atoms with Gasteiger partial charge in [0, 0.05) is 0 Å². The molecule has 0 bridgehead atoms. The fourth-order valence-corrected chi connectivity index (χ4v) is 1.57. The van der Waals surface area contributed by atoms with Gasteiger partial charge in [-0.3, -0.25) is 0 Å². The van der Waals surface area contributed by atoms with Crippen molar-refractivity contribution in [3.63, 3.8) is 0 Å². The largest absolute Gasteiger partial charge is 0.0801 e. The molecule has 0 saturated carbocycles. The van der Waals surface area contributed by atoms with Crippen LogP contribution < -0.4 is 0 Å². The Labute approximate surface area is 67.6 Å². The zero-order valence-corrected chi connectivity index (χ0v) is 6.80. The maximum absolute atomic E-state index is 2.24. The van der Waals surface area contributed by atoms with Crippen LogP contribution in [-0.4, -0.2) is 0 Å². The van der Waals surface area contributed by atoms with E-state index in [1.165, 1.54) is 16.7 Å². The van der Waals surface area contributed by atoms with Crippen LogP contribution in [0, 0.1) is 0 Å². The Morgan fingerprint density at radius 3 is 2.55 bits per heavy atom. The second-order valence-electron chi connectivity index (χ2n) is 3.21. The molecule has 0 fully saturated rings. The fourth-order valence-electron chi connectivity index (χ4n) is 1.57. The van der Waals surface area contributed by atoms with Crippen LogP contribution in [0.1, 0.15) is 19.8 Å². The van der Waals surface area contributed by atoms with Crippen LogP contribution >= 0.6 is 0 Å². The Kier molecular flexibility index (Phi) is 1.54. The smallest absolute Gasteiger partial charge is 0.00639 e. The van der Waals surface area contributed by atoms with Crippen molar-refractivity contribution < 1.29 is 0 Å². The van der Waals surface area contributed by atoms with Crippen LogP contribution in [0.4, 0.5) is 0 Å². The van der Waals surface area contributed by atoms with E-state index < -0.39 is 0 Å². The first-order chi connectivity index (χ1) is 5.36. The predicted molar refractivity (Wildman–Crippen MR) is 48.3 cm³/mol. The SMILES string of the molecule is CC1=CC=C(C2=CC=CC2)C1. The summed E-state index contributed by atoms with van der Waals surface area (Å²) in [6.07, 6.45) is 13.3. The molecule has 2 aliphatic rings. The molecule has 0 atom stereocenters. The van der Waals surface area contributed by atoms with Crippen molar-refractivity contribution in [3.05, 3.63) is 47.1 Å². The van der Waals surface area contributed by atoms with Crippen LogP contribution in [0.25, 0.3) is 0 Å². The summed E-state index contributed by atoms with van der Waals surface area (Å²) in [4.78, 5) is 0. The highest BCUT2D eigenvalue weighted by Crippen LogP contribution is 2.28. The van der Waals surface area contributed by atoms with Gasteiger partial charge in [-0.15, -0.1) is 0 Å². The number of hydrogen-bond donors (Lipinski definition) is 0. The molecule has 0 spiro atoms. The van der Waals surface area contributed by atoms with E-state index in [-0.39, 0.29) is 0 Å². The van der Waals surface area contributed by atoms with E-state index in [0.717, 1.165) is 12.8 Å². The second-order valence-corrected chi connectivity index (χ2v) is 3.21. The first kappa shape index (κ1) is 6.66. The molecule has 0 unspecified atom stereocenters. The molecular weight excluding hydrogens is 132 g/mol. The lowest BCUT2D eigenvalue weighted by Crippen LogP contribution is -1.83. The first-order valence-electron chi connectivity index (χ1n) is 4.08. The topological polar surface area (TPSA) is 0 Å². The summed E-state index contributed by atoms with van der Waals surface area (Å²) in [5.74, 6) is 0. The molecule has 2 aliphatic carbocycles. The van der Waals surface area contributed by atoms with E-state index in [0.29, 0.717) is 0 Å². The van der Waals surface area contributed by atoms with Crippen LogP contribution in [0.5, 0.6) is 0 Å². The second kappa shape index (κ2) is 2.54. The number of rotatable bonds is 1. The predicted octanol–water partition coefficient (Wildman–Crippen LogP) is 3.15. The van der Waals surface area contributed by atoms with Gasteiger partial charge in [-0.2, -0.15) is 0 Å². The molecule has 2 rings (SSSR count). The maximum atomic E-state index is 2.24. The summed E-state index contributed by atoms with van der Waals surface area (Å²) in [5.41, 5.74) is 4.48. The van der Waals surface area contributed by atoms with Crippen molar-refractivity contribution in [2.75, 3.05) is 0 Å². The molecule has 0 N–H and O–H groups in total. The lowest BCUT2D eigenvalue weighted by atomic mass is 10.0. The highest BCUT2D eigenvalue weighted by molar-refractivity contribution is 5.46. The molecule has 0 amide bonds. The summed E-state index contributed by atoms with van der Waals surface area (Å²) in [7, 11) is 0. The third-order valence-corrected chi connectivity index (χ3v) is 2.22. The Bertz CT molecular complexity index is 285. The van der Waals surface area contributed by atoms with Gasteiger partial charge >= 0.3 is 0 Å². The standard InChI is InChI=1S/C11H12/c1-9-6-7-11(8-9)10-4-2-3-5-10/h2-4,6-7H,5,8H2,1H3. The molecule has 0 aromatic carbocycles. The Morgan fingerprint density at radius 2 is 2.00 bits per heavy atom. The molecule has 0 aromatic heterocycles. The van der Waals surface area contributed by atoms with E-state index in [2.05, 4.69) is 37.3 Å². The summed E-state index contributed by atoms with van der Waals surface area (Å²) in [6, 6.07) is 0. The number of allylic oxidation sites excluding steroid dienone is 8. The lowest BCUT2D eigenvalue weighted by molar-refractivity contribution is 1.12. The van der Waals surface area contributed by atoms with Gasteiger partial charge in [-0.05, 0) is 30.9 Å². The van der Waals surface area contributed by atoms with Gasteiger partial charge in [0.25, 0.3) is 0 Å². The van der Waals surface area contributed by atoms with Gasteiger partial charge in [0.2, 0.25) is 0 Å². The van der Waals surface area contributed by atoms with Crippen molar-refractivity contribution in [1.29, 1.82) is 0 Å². The van der Waals surface area contributed by atoms with E-state index in [1.54, 1.807) is 0 Å². The molecule has 0 nitrogen and oxygen atoms in total. The fraction of sp³-hybridized carbons (Fsp3) is 0.273. The summed E-state index contributed by atoms with van der Waals surface area (Å²) in [5, 5.41) is 0. The highest BCUT2D eigenvalue weighted by Gasteiger charge is 2.09. The van der Waals surface area contributed by atoms with Crippen molar-refractivity contribution >= 4 is 0 Å². The van der Waals surface area contributed by atoms with Crippen LogP contribution in [0.2, 0.25) is 0 Å². The first-order valence-corrected chi connectivity index (χ1v) is 4.08. The number of hydrogen-bond acceptors (Lipinski definition) is 0. The van der Waals surface area contributed by atoms with Gasteiger partial charge in [0.1, 0.15) is 0 Å². The monoisotopic (exact) mass is 144 g/mol. The average Bonchev–Trinajstić information content (AvgIpc) is 2.55. The summed E-state index contributed by atoms with van der Waals surface area (Å²) >= 11 is 0. The minimum atomic E-state index is 1.13. The van der Waals surface area contributed by atoms with Gasteiger partial charge in [-0.25, -0.2) is 0 Å². The average molecular weight is 144 g/mol.